The van der Waals surface area contributed by atoms with E-state index in [2.05, 4.69) is 9.97 Å². The highest BCUT2D eigenvalue weighted by Gasteiger charge is 2.21. The lowest BCUT2D eigenvalue weighted by molar-refractivity contribution is 0.0685. The number of rotatable bonds is 3. The fourth-order valence-corrected chi connectivity index (χ4v) is 1.49. The molecule has 1 aromatic carbocycles. The van der Waals surface area contributed by atoms with Crippen LogP contribution >= 0.6 is 0 Å². The molecule has 3 N–H and O–H groups in total. The van der Waals surface area contributed by atoms with Crippen LogP contribution in [0.5, 0.6) is 0 Å². The molecule has 0 bridgehead atoms. The van der Waals surface area contributed by atoms with Crippen molar-refractivity contribution in [2.45, 2.75) is 6.10 Å². The number of hydrogen-bond acceptors (Lipinski definition) is 3. The number of carboxylic acid groups (broad SMARTS) is 1. The third-order valence-corrected chi connectivity index (χ3v) is 2.33. The summed E-state index contributed by atoms with van der Waals surface area (Å²) in [6, 6.07) is 5.14. The van der Waals surface area contributed by atoms with Crippen LogP contribution in [-0.2, 0) is 0 Å². The van der Waals surface area contributed by atoms with Crippen molar-refractivity contribution < 1.29 is 19.4 Å². The Kier molecular flexibility index (Phi) is 2.88. The standard InChI is InChI=1S/C11H9FN2O3/c12-7-3-1-6(2-4-7)10(15)8-9(11(16)17)14-5-13-8/h1-5,10,15H,(H,13,14)(H,16,17). The number of aliphatic hydroxyl groups is 1. The molecule has 2 aromatic rings. The maximum atomic E-state index is 12.7. The maximum Gasteiger partial charge on any atom is 0.356 e. The summed E-state index contributed by atoms with van der Waals surface area (Å²) in [5.74, 6) is -1.66. The van der Waals surface area contributed by atoms with Gasteiger partial charge in [-0.25, -0.2) is 14.2 Å². The van der Waals surface area contributed by atoms with Crippen molar-refractivity contribution in [2.24, 2.45) is 0 Å². The quantitative estimate of drug-likeness (QED) is 0.750. The first-order chi connectivity index (χ1) is 8.09. The van der Waals surface area contributed by atoms with Gasteiger partial charge in [0.15, 0.2) is 5.69 Å². The number of H-pyrrole nitrogens is 1. The van der Waals surface area contributed by atoms with Crippen molar-refractivity contribution in [3.63, 3.8) is 0 Å². The zero-order chi connectivity index (χ0) is 12.4. The summed E-state index contributed by atoms with van der Waals surface area (Å²) < 4.78 is 12.7. The fourth-order valence-electron chi connectivity index (χ4n) is 1.49. The highest BCUT2D eigenvalue weighted by molar-refractivity contribution is 5.86. The van der Waals surface area contributed by atoms with Gasteiger partial charge in [0.05, 0.1) is 12.0 Å². The number of aromatic amines is 1. The number of nitrogens with zero attached hydrogens (tertiary/aromatic N) is 1. The van der Waals surface area contributed by atoms with Crippen molar-refractivity contribution in [3.8, 4) is 0 Å². The minimum atomic E-state index is -1.23. The van der Waals surface area contributed by atoms with Gasteiger partial charge in [-0.2, -0.15) is 0 Å². The number of carbonyl (C=O) groups is 1. The van der Waals surface area contributed by atoms with Gasteiger partial charge in [-0.3, -0.25) is 0 Å². The summed E-state index contributed by atoms with van der Waals surface area (Å²) in [5, 5.41) is 18.8. The lowest BCUT2D eigenvalue weighted by Crippen LogP contribution is -2.08. The summed E-state index contributed by atoms with van der Waals surface area (Å²) >= 11 is 0. The van der Waals surface area contributed by atoms with Gasteiger partial charge in [0.1, 0.15) is 11.9 Å². The number of hydrogen-bond donors (Lipinski definition) is 3. The zero-order valence-electron chi connectivity index (χ0n) is 8.59. The van der Waals surface area contributed by atoms with E-state index in [1.54, 1.807) is 0 Å². The first kappa shape index (κ1) is 11.3. The van der Waals surface area contributed by atoms with Crippen LogP contribution in [0.25, 0.3) is 0 Å². The second-order valence-corrected chi connectivity index (χ2v) is 3.42. The average molecular weight is 236 g/mol. The van der Waals surface area contributed by atoms with Gasteiger partial charge in [-0.15, -0.1) is 0 Å². The molecule has 0 radical (unpaired) electrons. The van der Waals surface area contributed by atoms with E-state index < -0.39 is 17.9 Å². The molecule has 0 saturated heterocycles. The predicted molar refractivity (Wildman–Crippen MR) is 56.0 cm³/mol. The zero-order valence-corrected chi connectivity index (χ0v) is 8.59. The molecule has 2 rings (SSSR count). The van der Waals surface area contributed by atoms with Crippen molar-refractivity contribution in [1.29, 1.82) is 0 Å². The van der Waals surface area contributed by atoms with Crippen LogP contribution in [0.3, 0.4) is 0 Å². The predicted octanol–water partition coefficient (Wildman–Crippen LogP) is 1.33. The third kappa shape index (κ3) is 2.16. The highest BCUT2D eigenvalue weighted by Crippen LogP contribution is 2.22. The Morgan fingerprint density at radius 1 is 1.35 bits per heavy atom. The molecule has 0 saturated carbocycles. The van der Waals surface area contributed by atoms with Crippen molar-refractivity contribution in [3.05, 3.63) is 53.4 Å². The van der Waals surface area contributed by atoms with Crippen LogP contribution in [-0.4, -0.2) is 26.2 Å². The molecule has 0 aliphatic heterocycles. The Morgan fingerprint density at radius 2 is 2.00 bits per heavy atom. The van der Waals surface area contributed by atoms with E-state index in [0.29, 0.717) is 5.56 Å². The second-order valence-electron chi connectivity index (χ2n) is 3.42. The maximum absolute atomic E-state index is 12.7. The molecule has 0 fully saturated rings. The molecule has 17 heavy (non-hydrogen) atoms. The Morgan fingerprint density at radius 3 is 2.59 bits per heavy atom. The van der Waals surface area contributed by atoms with E-state index in [0.717, 1.165) is 0 Å². The number of nitrogens with one attached hydrogen (secondary N) is 1. The molecule has 5 nitrogen and oxygen atoms in total. The number of aromatic nitrogens is 2. The van der Waals surface area contributed by atoms with Crippen LogP contribution in [0.4, 0.5) is 4.39 Å². The molecule has 0 aliphatic rings. The first-order valence-corrected chi connectivity index (χ1v) is 4.79. The number of carboxylic acids is 1. The van der Waals surface area contributed by atoms with E-state index in [1.807, 2.05) is 0 Å². The Bertz CT molecular complexity index is 536. The SMILES string of the molecule is O=C(O)c1nc[nH]c1C(O)c1ccc(F)cc1. The Labute approximate surface area is 95.6 Å². The average Bonchev–Trinajstić information content (AvgIpc) is 2.78. The van der Waals surface area contributed by atoms with E-state index in [4.69, 9.17) is 5.11 Å². The van der Waals surface area contributed by atoms with Gasteiger partial charge >= 0.3 is 5.97 Å². The highest BCUT2D eigenvalue weighted by atomic mass is 19.1. The van der Waals surface area contributed by atoms with Crippen molar-refractivity contribution in [2.75, 3.05) is 0 Å². The number of benzene rings is 1. The molecule has 1 atom stereocenters. The smallest absolute Gasteiger partial charge is 0.356 e. The van der Waals surface area contributed by atoms with Crippen LogP contribution in [0, 0.1) is 5.82 Å². The number of imidazole rings is 1. The normalized spacial score (nSPS) is 12.4. The number of halogens is 1. The molecule has 0 spiro atoms. The van der Waals surface area contributed by atoms with Gasteiger partial charge in [0.25, 0.3) is 0 Å². The van der Waals surface area contributed by atoms with Gasteiger partial charge in [0, 0.05) is 0 Å². The van der Waals surface area contributed by atoms with E-state index in [9.17, 15) is 14.3 Å². The van der Waals surface area contributed by atoms with Crippen molar-refractivity contribution in [1.82, 2.24) is 9.97 Å². The minimum Gasteiger partial charge on any atom is -0.476 e. The van der Waals surface area contributed by atoms with E-state index >= 15 is 0 Å². The lowest BCUT2D eigenvalue weighted by atomic mass is 10.1. The summed E-state index contributed by atoms with van der Waals surface area (Å²) in [7, 11) is 0. The van der Waals surface area contributed by atoms with Crippen LogP contribution in [0.15, 0.2) is 30.6 Å². The minimum absolute atomic E-state index is 0.0732. The molecule has 88 valence electrons. The number of aliphatic hydroxyl groups excluding tert-OH is 1. The molecular weight excluding hydrogens is 227 g/mol. The Balaban J connectivity index is 2.36. The third-order valence-electron chi connectivity index (χ3n) is 2.33. The van der Waals surface area contributed by atoms with E-state index in [1.165, 1.54) is 30.6 Å². The van der Waals surface area contributed by atoms with Crippen LogP contribution < -0.4 is 0 Å². The molecule has 6 heteroatoms. The molecule has 0 amide bonds. The van der Waals surface area contributed by atoms with E-state index in [-0.39, 0.29) is 11.4 Å². The number of aromatic carboxylic acids is 1. The molecule has 1 unspecified atom stereocenters. The molecule has 1 heterocycles. The Hall–Kier alpha value is -2.21. The van der Waals surface area contributed by atoms with Crippen LogP contribution in [0.2, 0.25) is 0 Å². The van der Waals surface area contributed by atoms with Gasteiger partial charge in [-0.05, 0) is 17.7 Å². The summed E-state index contributed by atoms with van der Waals surface area (Å²) in [6.45, 7) is 0. The fraction of sp³-hybridized carbons (Fsp3) is 0.0909. The monoisotopic (exact) mass is 236 g/mol. The molecule has 1 aromatic heterocycles. The molecular formula is C11H9FN2O3. The lowest BCUT2D eigenvalue weighted by Gasteiger charge is -2.09. The van der Waals surface area contributed by atoms with Crippen molar-refractivity contribution >= 4 is 5.97 Å². The van der Waals surface area contributed by atoms with Crippen LogP contribution in [0.1, 0.15) is 27.8 Å². The summed E-state index contributed by atoms with van der Waals surface area (Å²) in [4.78, 5) is 17.0. The summed E-state index contributed by atoms with van der Waals surface area (Å²) in [5.41, 5.74) is 0.212. The molecule has 0 aliphatic carbocycles. The second kappa shape index (κ2) is 4.34. The summed E-state index contributed by atoms with van der Waals surface area (Å²) in [6.07, 6.45) is 0.00938. The first-order valence-electron chi connectivity index (χ1n) is 4.79. The van der Waals surface area contributed by atoms with Gasteiger partial charge in [-0.1, -0.05) is 12.1 Å². The van der Waals surface area contributed by atoms with Gasteiger partial charge in [0.2, 0.25) is 0 Å². The topological polar surface area (TPSA) is 86.2 Å². The largest absolute Gasteiger partial charge is 0.476 e. The van der Waals surface area contributed by atoms with Gasteiger partial charge < -0.3 is 15.2 Å².